The second-order valence-electron chi connectivity index (χ2n) is 2.22. The Hall–Kier alpha value is -0.340. The van der Waals surface area contributed by atoms with E-state index in [4.69, 9.17) is 11.6 Å². The standard InChI is InChI=1S/C8H9ClOS/c1-11-5-6-2-3-7(9)8(10)4-6/h2-4,10H,5H2,1H3. The zero-order chi connectivity index (χ0) is 8.27. The Morgan fingerprint density at radius 1 is 1.55 bits per heavy atom. The zero-order valence-corrected chi connectivity index (χ0v) is 7.75. The Morgan fingerprint density at radius 3 is 2.82 bits per heavy atom. The van der Waals surface area contributed by atoms with Crippen LogP contribution in [0.1, 0.15) is 5.56 Å². The lowest BCUT2D eigenvalue weighted by molar-refractivity contribution is 0.475. The zero-order valence-electron chi connectivity index (χ0n) is 6.17. The molecule has 0 aliphatic rings. The molecule has 0 atom stereocenters. The molecule has 0 bridgehead atoms. The maximum atomic E-state index is 9.19. The van der Waals surface area contributed by atoms with Crippen LogP contribution in [0, 0.1) is 0 Å². The van der Waals surface area contributed by atoms with Gasteiger partial charge in [-0.3, -0.25) is 0 Å². The van der Waals surface area contributed by atoms with E-state index in [2.05, 4.69) is 0 Å². The van der Waals surface area contributed by atoms with Gasteiger partial charge in [-0.15, -0.1) is 0 Å². The minimum absolute atomic E-state index is 0.165. The fourth-order valence-corrected chi connectivity index (χ4v) is 1.45. The van der Waals surface area contributed by atoms with E-state index < -0.39 is 0 Å². The first-order chi connectivity index (χ1) is 5.24. The summed E-state index contributed by atoms with van der Waals surface area (Å²) in [6, 6.07) is 5.32. The minimum atomic E-state index is 0.165. The third kappa shape index (κ3) is 2.31. The molecule has 0 heterocycles. The van der Waals surface area contributed by atoms with Crippen LogP contribution in [0.2, 0.25) is 5.02 Å². The number of aromatic hydroxyl groups is 1. The predicted molar refractivity (Wildman–Crippen MR) is 50.3 cm³/mol. The van der Waals surface area contributed by atoms with E-state index in [1.165, 1.54) is 0 Å². The van der Waals surface area contributed by atoms with Crippen LogP contribution in [0.4, 0.5) is 0 Å². The van der Waals surface area contributed by atoms with Crippen molar-refractivity contribution in [3.05, 3.63) is 28.8 Å². The van der Waals surface area contributed by atoms with Gasteiger partial charge >= 0.3 is 0 Å². The molecule has 1 aromatic carbocycles. The molecule has 0 amide bonds. The Bertz CT molecular complexity index is 250. The summed E-state index contributed by atoms with van der Waals surface area (Å²) in [7, 11) is 0. The van der Waals surface area contributed by atoms with Crippen LogP contribution in [0.3, 0.4) is 0 Å². The van der Waals surface area contributed by atoms with Crippen molar-refractivity contribution in [2.75, 3.05) is 6.26 Å². The van der Waals surface area contributed by atoms with E-state index in [9.17, 15) is 5.11 Å². The normalized spacial score (nSPS) is 10.0. The highest BCUT2D eigenvalue weighted by Gasteiger charge is 1.98. The quantitative estimate of drug-likeness (QED) is 0.770. The van der Waals surface area contributed by atoms with Gasteiger partial charge in [-0.25, -0.2) is 0 Å². The highest BCUT2D eigenvalue weighted by atomic mass is 35.5. The van der Waals surface area contributed by atoms with Crippen LogP contribution < -0.4 is 0 Å². The van der Waals surface area contributed by atoms with Crippen molar-refractivity contribution in [2.24, 2.45) is 0 Å². The molecule has 1 N–H and O–H groups in total. The number of halogens is 1. The van der Waals surface area contributed by atoms with Crippen molar-refractivity contribution in [1.82, 2.24) is 0 Å². The number of rotatable bonds is 2. The van der Waals surface area contributed by atoms with Crippen molar-refractivity contribution < 1.29 is 5.11 Å². The molecule has 0 fully saturated rings. The van der Waals surface area contributed by atoms with Crippen molar-refractivity contribution in [2.45, 2.75) is 5.75 Å². The van der Waals surface area contributed by atoms with Gasteiger partial charge in [0.1, 0.15) is 5.75 Å². The molecule has 0 aliphatic carbocycles. The first-order valence-electron chi connectivity index (χ1n) is 3.20. The number of hydrogen-bond donors (Lipinski definition) is 1. The Labute approximate surface area is 75.4 Å². The predicted octanol–water partition coefficient (Wildman–Crippen LogP) is 2.91. The van der Waals surface area contributed by atoms with Crippen LogP contribution in [0.25, 0.3) is 0 Å². The Balaban J connectivity index is 2.86. The monoisotopic (exact) mass is 188 g/mol. The molecule has 3 heteroatoms. The van der Waals surface area contributed by atoms with Gasteiger partial charge in [-0.1, -0.05) is 17.7 Å². The first kappa shape index (κ1) is 8.75. The lowest BCUT2D eigenvalue weighted by atomic mass is 10.2. The lowest BCUT2D eigenvalue weighted by Gasteiger charge is -2.00. The van der Waals surface area contributed by atoms with Gasteiger partial charge in [0, 0.05) is 5.75 Å². The Kier molecular flexibility index (Phi) is 3.09. The van der Waals surface area contributed by atoms with Crippen LogP contribution in [0.5, 0.6) is 5.75 Å². The number of phenolic OH excluding ortho intramolecular Hbond substituents is 1. The van der Waals surface area contributed by atoms with E-state index >= 15 is 0 Å². The molecular formula is C8H9ClOS. The van der Waals surface area contributed by atoms with Crippen LogP contribution in [0.15, 0.2) is 18.2 Å². The van der Waals surface area contributed by atoms with E-state index in [-0.39, 0.29) is 5.75 Å². The number of benzene rings is 1. The second kappa shape index (κ2) is 3.88. The molecule has 0 aliphatic heterocycles. The summed E-state index contributed by atoms with van der Waals surface area (Å²) >= 11 is 7.34. The van der Waals surface area contributed by atoms with E-state index in [1.54, 1.807) is 23.9 Å². The van der Waals surface area contributed by atoms with Crippen LogP contribution >= 0.6 is 23.4 Å². The third-order valence-electron chi connectivity index (χ3n) is 1.32. The summed E-state index contributed by atoms with van der Waals surface area (Å²) in [5.41, 5.74) is 1.10. The lowest BCUT2D eigenvalue weighted by Crippen LogP contribution is -1.78. The molecule has 0 saturated heterocycles. The highest BCUT2D eigenvalue weighted by Crippen LogP contribution is 2.24. The van der Waals surface area contributed by atoms with Crippen molar-refractivity contribution in [1.29, 1.82) is 0 Å². The SMILES string of the molecule is CSCc1ccc(Cl)c(O)c1. The molecule has 11 heavy (non-hydrogen) atoms. The highest BCUT2D eigenvalue weighted by molar-refractivity contribution is 7.97. The van der Waals surface area contributed by atoms with Gasteiger partial charge in [0.2, 0.25) is 0 Å². The average molecular weight is 189 g/mol. The van der Waals surface area contributed by atoms with Gasteiger partial charge in [0.05, 0.1) is 5.02 Å². The van der Waals surface area contributed by atoms with Gasteiger partial charge in [0.15, 0.2) is 0 Å². The Morgan fingerprint density at radius 2 is 2.27 bits per heavy atom. The van der Waals surface area contributed by atoms with Gasteiger partial charge in [-0.2, -0.15) is 11.8 Å². The van der Waals surface area contributed by atoms with Gasteiger partial charge in [-0.05, 0) is 24.0 Å². The molecular weight excluding hydrogens is 180 g/mol. The molecule has 0 spiro atoms. The maximum Gasteiger partial charge on any atom is 0.134 e. The second-order valence-corrected chi connectivity index (χ2v) is 3.49. The van der Waals surface area contributed by atoms with E-state index in [1.807, 2.05) is 12.3 Å². The minimum Gasteiger partial charge on any atom is -0.506 e. The summed E-state index contributed by atoms with van der Waals surface area (Å²) in [4.78, 5) is 0. The third-order valence-corrected chi connectivity index (χ3v) is 2.26. The smallest absolute Gasteiger partial charge is 0.134 e. The van der Waals surface area contributed by atoms with E-state index in [0.29, 0.717) is 5.02 Å². The largest absolute Gasteiger partial charge is 0.506 e. The molecule has 0 radical (unpaired) electrons. The average Bonchev–Trinajstić information content (AvgIpc) is 1.98. The summed E-state index contributed by atoms with van der Waals surface area (Å²) in [5, 5.41) is 9.60. The summed E-state index contributed by atoms with van der Waals surface area (Å²) in [6.07, 6.45) is 2.02. The fourth-order valence-electron chi connectivity index (χ4n) is 0.815. The molecule has 1 rings (SSSR count). The molecule has 0 unspecified atom stereocenters. The number of hydrogen-bond acceptors (Lipinski definition) is 2. The van der Waals surface area contributed by atoms with Crippen LogP contribution in [-0.4, -0.2) is 11.4 Å². The topological polar surface area (TPSA) is 20.2 Å². The van der Waals surface area contributed by atoms with Gasteiger partial charge < -0.3 is 5.11 Å². The van der Waals surface area contributed by atoms with Crippen molar-refractivity contribution >= 4 is 23.4 Å². The number of thioether (sulfide) groups is 1. The molecule has 1 nitrogen and oxygen atoms in total. The first-order valence-corrected chi connectivity index (χ1v) is 4.97. The van der Waals surface area contributed by atoms with Crippen LogP contribution in [-0.2, 0) is 5.75 Å². The van der Waals surface area contributed by atoms with Crippen molar-refractivity contribution in [3.8, 4) is 5.75 Å². The molecule has 0 saturated carbocycles. The molecule has 0 aromatic heterocycles. The summed E-state index contributed by atoms with van der Waals surface area (Å²) < 4.78 is 0. The molecule has 60 valence electrons. The fraction of sp³-hybridized carbons (Fsp3) is 0.250. The van der Waals surface area contributed by atoms with Crippen molar-refractivity contribution in [3.63, 3.8) is 0 Å². The number of phenols is 1. The maximum absolute atomic E-state index is 9.19. The summed E-state index contributed by atoms with van der Waals surface area (Å²) in [6.45, 7) is 0. The van der Waals surface area contributed by atoms with E-state index in [0.717, 1.165) is 11.3 Å². The summed E-state index contributed by atoms with van der Waals surface area (Å²) in [5.74, 6) is 1.07. The van der Waals surface area contributed by atoms with Gasteiger partial charge in [0.25, 0.3) is 0 Å². The molecule has 1 aromatic rings.